The Labute approximate surface area is 159 Å². The van der Waals surface area contributed by atoms with E-state index in [2.05, 4.69) is 6.92 Å². The maximum atomic E-state index is 10.7. The number of aliphatic hydroxyl groups is 2. The first-order valence-electron chi connectivity index (χ1n) is 9.92. The zero-order valence-electron chi connectivity index (χ0n) is 17.1. The van der Waals surface area contributed by atoms with Gasteiger partial charge in [-0.3, -0.25) is 0 Å². The van der Waals surface area contributed by atoms with E-state index >= 15 is 0 Å². The predicted molar refractivity (Wildman–Crippen MR) is 106 cm³/mol. The van der Waals surface area contributed by atoms with E-state index in [4.69, 9.17) is 9.47 Å². The van der Waals surface area contributed by atoms with E-state index in [0.717, 1.165) is 24.8 Å². The van der Waals surface area contributed by atoms with E-state index in [-0.39, 0.29) is 23.9 Å². The van der Waals surface area contributed by atoms with E-state index in [9.17, 15) is 10.2 Å². The van der Waals surface area contributed by atoms with Crippen LogP contribution in [0.25, 0.3) is 0 Å². The first kappa shape index (κ1) is 23.1. The molecule has 0 spiro atoms. The van der Waals surface area contributed by atoms with Crippen molar-refractivity contribution in [1.82, 2.24) is 0 Å². The van der Waals surface area contributed by atoms with Gasteiger partial charge in [0.05, 0.1) is 24.9 Å². The topological polar surface area (TPSA) is 58.9 Å². The van der Waals surface area contributed by atoms with Gasteiger partial charge in [0.25, 0.3) is 0 Å². The molecule has 0 fully saturated rings. The summed E-state index contributed by atoms with van der Waals surface area (Å²) in [5, 5.41) is 21.2. The van der Waals surface area contributed by atoms with Crippen LogP contribution in [0.1, 0.15) is 52.5 Å². The average molecular weight is 367 g/mol. The average Bonchev–Trinajstić information content (AvgIpc) is 2.66. The minimum absolute atomic E-state index is 0.0706. The van der Waals surface area contributed by atoms with Crippen molar-refractivity contribution in [1.29, 1.82) is 0 Å². The molecule has 0 aliphatic heterocycles. The second kappa shape index (κ2) is 12.4. The standard InChI is InChI=1S/C22H38O4/c1-6-10-16(2)21(23)18(4)22(24)17(3)20(25-5)13-14-26-15-19-11-8-7-9-12-19/h7-9,11-12,16-18,20-24H,6,10,13-15H2,1-5H3/t16-,17+,18+,20+,21+,22+/m1/s1. The minimum Gasteiger partial charge on any atom is -0.392 e. The van der Waals surface area contributed by atoms with Crippen LogP contribution in [0.4, 0.5) is 0 Å². The smallest absolute Gasteiger partial charge is 0.0716 e. The Morgan fingerprint density at radius 2 is 1.58 bits per heavy atom. The van der Waals surface area contributed by atoms with Crippen molar-refractivity contribution in [2.75, 3.05) is 13.7 Å². The molecule has 0 unspecified atom stereocenters. The molecule has 4 nitrogen and oxygen atoms in total. The van der Waals surface area contributed by atoms with Crippen molar-refractivity contribution in [3.8, 4) is 0 Å². The Morgan fingerprint density at radius 1 is 0.923 bits per heavy atom. The third-order valence-corrected chi connectivity index (χ3v) is 5.49. The van der Waals surface area contributed by atoms with Crippen molar-refractivity contribution >= 4 is 0 Å². The van der Waals surface area contributed by atoms with Gasteiger partial charge < -0.3 is 19.7 Å². The molecule has 1 rings (SSSR count). The highest BCUT2D eigenvalue weighted by Crippen LogP contribution is 2.27. The summed E-state index contributed by atoms with van der Waals surface area (Å²) in [6, 6.07) is 10.1. The van der Waals surface area contributed by atoms with Gasteiger partial charge in [0.1, 0.15) is 0 Å². The second-order valence-corrected chi connectivity index (χ2v) is 7.57. The molecular formula is C22H38O4. The van der Waals surface area contributed by atoms with Crippen molar-refractivity contribution in [3.05, 3.63) is 35.9 Å². The van der Waals surface area contributed by atoms with E-state index in [0.29, 0.717) is 13.2 Å². The number of hydrogen-bond donors (Lipinski definition) is 2. The zero-order chi connectivity index (χ0) is 19.5. The summed E-state index contributed by atoms with van der Waals surface area (Å²) in [6.07, 6.45) is 1.51. The molecule has 0 aromatic heterocycles. The molecule has 0 bridgehead atoms. The van der Waals surface area contributed by atoms with E-state index < -0.39 is 12.2 Å². The molecule has 0 aliphatic carbocycles. The van der Waals surface area contributed by atoms with Gasteiger partial charge in [-0.05, 0) is 24.3 Å². The predicted octanol–water partition coefficient (Wildman–Crippen LogP) is 4.04. The van der Waals surface area contributed by atoms with Crippen LogP contribution in [-0.2, 0) is 16.1 Å². The van der Waals surface area contributed by atoms with Crippen LogP contribution in [-0.4, -0.2) is 42.2 Å². The molecule has 6 atom stereocenters. The number of rotatable bonds is 13. The number of hydrogen-bond acceptors (Lipinski definition) is 4. The lowest BCUT2D eigenvalue weighted by molar-refractivity contribution is -0.0746. The van der Waals surface area contributed by atoms with Gasteiger partial charge in [-0.25, -0.2) is 0 Å². The Kier molecular flexibility index (Phi) is 11.1. The van der Waals surface area contributed by atoms with Crippen LogP contribution in [0.15, 0.2) is 30.3 Å². The maximum absolute atomic E-state index is 10.7. The first-order valence-corrected chi connectivity index (χ1v) is 9.92. The lowest BCUT2D eigenvalue weighted by Gasteiger charge is -2.34. The molecule has 1 aromatic rings. The molecule has 0 heterocycles. The molecule has 0 saturated heterocycles. The summed E-state index contributed by atoms with van der Waals surface area (Å²) >= 11 is 0. The largest absolute Gasteiger partial charge is 0.392 e. The van der Waals surface area contributed by atoms with Gasteiger partial charge in [-0.1, -0.05) is 64.4 Å². The van der Waals surface area contributed by atoms with Crippen LogP contribution in [0.2, 0.25) is 0 Å². The molecule has 1 aromatic carbocycles. The number of methoxy groups -OCH3 is 1. The molecule has 150 valence electrons. The van der Waals surface area contributed by atoms with Gasteiger partial charge in [-0.15, -0.1) is 0 Å². The molecule has 0 aliphatic rings. The molecule has 26 heavy (non-hydrogen) atoms. The van der Waals surface area contributed by atoms with Crippen LogP contribution in [0.3, 0.4) is 0 Å². The van der Waals surface area contributed by atoms with Crippen molar-refractivity contribution in [2.24, 2.45) is 17.8 Å². The van der Waals surface area contributed by atoms with Gasteiger partial charge in [0, 0.05) is 25.6 Å². The maximum Gasteiger partial charge on any atom is 0.0716 e. The molecule has 0 saturated carbocycles. The quantitative estimate of drug-likeness (QED) is 0.517. The summed E-state index contributed by atoms with van der Waals surface area (Å²) in [5.74, 6) is -0.0692. The number of ether oxygens (including phenoxy) is 2. The van der Waals surface area contributed by atoms with Crippen molar-refractivity contribution in [2.45, 2.75) is 71.9 Å². The number of benzene rings is 1. The van der Waals surface area contributed by atoms with Crippen molar-refractivity contribution in [3.63, 3.8) is 0 Å². The SMILES string of the molecule is CCC[C@@H](C)[C@H](O)[C@H](C)[C@@H](O)[C@@H](C)[C@H](CCOCc1ccccc1)OC. The van der Waals surface area contributed by atoms with Gasteiger partial charge in [0.2, 0.25) is 0 Å². The van der Waals surface area contributed by atoms with Gasteiger partial charge in [0.15, 0.2) is 0 Å². The van der Waals surface area contributed by atoms with Crippen LogP contribution < -0.4 is 0 Å². The summed E-state index contributed by atoms with van der Waals surface area (Å²) in [7, 11) is 1.67. The highest BCUT2D eigenvalue weighted by molar-refractivity contribution is 5.13. The molecule has 2 N–H and O–H groups in total. The fourth-order valence-corrected chi connectivity index (χ4v) is 3.60. The first-order chi connectivity index (χ1) is 12.4. The third-order valence-electron chi connectivity index (χ3n) is 5.49. The summed E-state index contributed by atoms with van der Waals surface area (Å²) < 4.78 is 11.4. The monoisotopic (exact) mass is 366 g/mol. The highest BCUT2D eigenvalue weighted by Gasteiger charge is 2.33. The van der Waals surface area contributed by atoms with E-state index in [1.807, 2.05) is 51.1 Å². The minimum atomic E-state index is -0.608. The summed E-state index contributed by atoms with van der Waals surface area (Å²) in [5.41, 5.74) is 1.15. The fourth-order valence-electron chi connectivity index (χ4n) is 3.60. The van der Waals surface area contributed by atoms with E-state index in [1.165, 1.54) is 0 Å². The zero-order valence-corrected chi connectivity index (χ0v) is 17.1. The Bertz CT molecular complexity index is 464. The summed E-state index contributed by atoms with van der Waals surface area (Å²) in [4.78, 5) is 0. The molecule has 0 radical (unpaired) electrons. The summed E-state index contributed by atoms with van der Waals surface area (Å²) in [6.45, 7) is 9.24. The Balaban J connectivity index is 2.46. The Morgan fingerprint density at radius 3 is 2.15 bits per heavy atom. The molecular weight excluding hydrogens is 328 g/mol. The van der Waals surface area contributed by atoms with Crippen LogP contribution in [0, 0.1) is 17.8 Å². The fraction of sp³-hybridized carbons (Fsp3) is 0.727. The highest BCUT2D eigenvalue weighted by atomic mass is 16.5. The van der Waals surface area contributed by atoms with Crippen molar-refractivity contribution < 1.29 is 19.7 Å². The van der Waals surface area contributed by atoms with Crippen LogP contribution >= 0.6 is 0 Å². The lowest BCUT2D eigenvalue weighted by Crippen LogP contribution is -2.42. The normalized spacial score (nSPS) is 18.7. The lowest BCUT2D eigenvalue weighted by atomic mass is 9.80. The molecule has 0 amide bonds. The molecule has 4 heteroatoms. The second-order valence-electron chi connectivity index (χ2n) is 7.57. The van der Waals surface area contributed by atoms with Gasteiger partial charge >= 0.3 is 0 Å². The Hall–Kier alpha value is -0.940. The van der Waals surface area contributed by atoms with Crippen LogP contribution in [0.5, 0.6) is 0 Å². The third kappa shape index (κ3) is 7.36. The van der Waals surface area contributed by atoms with Gasteiger partial charge in [-0.2, -0.15) is 0 Å². The van der Waals surface area contributed by atoms with E-state index in [1.54, 1.807) is 7.11 Å². The number of aliphatic hydroxyl groups excluding tert-OH is 2.